The molecule has 0 aliphatic heterocycles. The van der Waals surface area contributed by atoms with Crippen LogP contribution in [0.4, 0.5) is 5.13 Å². The van der Waals surface area contributed by atoms with E-state index in [0.29, 0.717) is 18.4 Å². The molecule has 6 nitrogen and oxygen atoms in total. The Balaban J connectivity index is 2.00. The second-order valence-electron chi connectivity index (χ2n) is 7.02. The Morgan fingerprint density at radius 3 is 2.44 bits per heavy atom. The third kappa shape index (κ3) is 3.43. The van der Waals surface area contributed by atoms with Crippen LogP contribution in [0, 0.1) is 13.8 Å². The molecular formula is C19H22N2O4S2. The largest absolute Gasteiger partial charge is 0.301 e. The van der Waals surface area contributed by atoms with Crippen LogP contribution in [-0.4, -0.2) is 29.8 Å². The second kappa shape index (κ2) is 7.16. The lowest BCUT2D eigenvalue weighted by Crippen LogP contribution is -2.47. The van der Waals surface area contributed by atoms with Gasteiger partial charge in [0.25, 0.3) is 0 Å². The Hall–Kier alpha value is -2.06. The predicted octanol–water partition coefficient (Wildman–Crippen LogP) is 3.69. The highest BCUT2D eigenvalue weighted by atomic mass is 32.2. The van der Waals surface area contributed by atoms with Crippen LogP contribution < -0.4 is 5.32 Å². The fourth-order valence-corrected chi connectivity index (χ4v) is 6.59. The summed E-state index contributed by atoms with van der Waals surface area (Å²) in [6, 6.07) is 5.26. The normalized spacial score (nSPS) is 16.3. The number of sulfone groups is 1. The van der Waals surface area contributed by atoms with Gasteiger partial charge in [0.15, 0.2) is 25.5 Å². The maximum absolute atomic E-state index is 13.5. The van der Waals surface area contributed by atoms with E-state index in [1.807, 2.05) is 13.0 Å². The molecule has 1 aromatic heterocycles. The van der Waals surface area contributed by atoms with Gasteiger partial charge in [-0.25, -0.2) is 13.4 Å². The highest BCUT2D eigenvalue weighted by Gasteiger charge is 2.53. The van der Waals surface area contributed by atoms with Crippen molar-refractivity contribution in [1.82, 2.24) is 4.98 Å². The summed E-state index contributed by atoms with van der Waals surface area (Å²) in [5.74, 6) is -0.768. The smallest absolute Gasteiger partial charge is 0.248 e. The maximum atomic E-state index is 13.5. The van der Waals surface area contributed by atoms with E-state index in [1.165, 1.54) is 6.92 Å². The first-order valence-corrected chi connectivity index (χ1v) is 11.1. The first-order valence-electron chi connectivity index (χ1n) is 8.77. The number of hydrogen-bond donors (Lipinski definition) is 1. The van der Waals surface area contributed by atoms with Crippen LogP contribution in [0.25, 0.3) is 0 Å². The van der Waals surface area contributed by atoms with Gasteiger partial charge in [-0.05, 0) is 43.9 Å². The highest BCUT2D eigenvalue weighted by molar-refractivity contribution is 7.93. The van der Waals surface area contributed by atoms with Crippen molar-refractivity contribution < 1.29 is 18.0 Å². The minimum atomic E-state index is -3.88. The molecule has 1 fully saturated rings. The Kier molecular flexibility index (Phi) is 5.22. The number of nitrogens with zero attached hydrogens (tertiary/aromatic N) is 1. The van der Waals surface area contributed by atoms with Crippen molar-refractivity contribution in [3.63, 3.8) is 0 Å². The summed E-state index contributed by atoms with van der Waals surface area (Å²) >= 11 is 1.12. The lowest BCUT2D eigenvalue weighted by atomic mass is 10.1. The molecule has 0 spiro atoms. The molecule has 3 rings (SSSR count). The molecule has 1 N–H and O–H groups in total. The maximum Gasteiger partial charge on any atom is 0.248 e. The number of aryl methyl sites for hydroxylation is 2. The molecule has 27 heavy (non-hydrogen) atoms. The zero-order chi connectivity index (χ0) is 19.8. The number of aromatic nitrogens is 1. The standard InChI is InChI=1S/C19H22N2O4S2/c1-12-6-7-13(2)16(10-12)27(24,25)19(8-4-5-9-19)17(23)21-18-20-15(11-26-18)14(3)22/h6-7,10-11H,4-5,8-9H2,1-3H3,(H,20,21,23). The van der Waals surface area contributed by atoms with Crippen LogP contribution in [-0.2, 0) is 14.6 Å². The van der Waals surface area contributed by atoms with Crippen LogP contribution in [0.1, 0.15) is 54.2 Å². The summed E-state index contributed by atoms with van der Waals surface area (Å²) in [7, 11) is -3.88. The molecule has 0 unspecified atom stereocenters. The predicted molar refractivity (Wildman–Crippen MR) is 105 cm³/mol. The zero-order valence-electron chi connectivity index (χ0n) is 15.5. The quantitative estimate of drug-likeness (QED) is 0.765. The van der Waals surface area contributed by atoms with Gasteiger partial charge in [-0.15, -0.1) is 11.3 Å². The number of ketones is 1. The van der Waals surface area contributed by atoms with Gasteiger partial charge in [0, 0.05) is 12.3 Å². The van der Waals surface area contributed by atoms with Crippen LogP contribution >= 0.6 is 11.3 Å². The Bertz CT molecular complexity index is 1000. The minimum Gasteiger partial charge on any atom is -0.301 e. The number of Topliss-reactive ketones (excluding diaryl/α,β-unsaturated/α-hetero) is 1. The Morgan fingerprint density at radius 1 is 1.19 bits per heavy atom. The minimum absolute atomic E-state index is 0.203. The van der Waals surface area contributed by atoms with Crippen LogP contribution in [0.5, 0.6) is 0 Å². The summed E-state index contributed by atoms with van der Waals surface area (Å²) < 4.78 is 25.6. The summed E-state index contributed by atoms with van der Waals surface area (Å²) in [5, 5.41) is 4.44. The first kappa shape index (κ1) is 19.7. The zero-order valence-corrected chi connectivity index (χ0v) is 17.2. The van der Waals surface area contributed by atoms with Gasteiger partial charge in [-0.1, -0.05) is 25.0 Å². The van der Waals surface area contributed by atoms with E-state index in [2.05, 4.69) is 10.3 Å². The molecule has 2 aromatic rings. The van der Waals surface area contributed by atoms with E-state index < -0.39 is 20.5 Å². The van der Waals surface area contributed by atoms with Gasteiger partial charge in [-0.2, -0.15) is 0 Å². The molecule has 8 heteroatoms. The number of carbonyl (C=O) groups is 2. The highest BCUT2D eigenvalue weighted by Crippen LogP contribution is 2.42. The molecular weight excluding hydrogens is 384 g/mol. The first-order chi connectivity index (χ1) is 12.7. The molecule has 0 atom stereocenters. The summed E-state index contributed by atoms with van der Waals surface area (Å²) in [6.07, 6.45) is 1.90. The number of carbonyl (C=O) groups excluding carboxylic acids is 2. The molecule has 1 heterocycles. The van der Waals surface area contributed by atoms with E-state index in [-0.39, 0.29) is 34.3 Å². The molecule has 1 aliphatic rings. The van der Waals surface area contributed by atoms with Crippen molar-refractivity contribution in [3.8, 4) is 0 Å². The number of thiazole rings is 1. The van der Waals surface area contributed by atoms with Gasteiger partial charge < -0.3 is 5.32 Å². The third-order valence-corrected chi connectivity index (χ3v) is 8.46. The van der Waals surface area contributed by atoms with E-state index in [0.717, 1.165) is 16.9 Å². The van der Waals surface area contributed by atoms with Crippen LogP contribution in [0.3, 0.4) is 0 Å². The topological polar surface area (TPSA) is 93.2 Å². The monoisotopic (exact) mass is 406 g/mol. The van der Waals surface area contributed by atoms with Gasteiger partial charge in [-0.3, -0.25) is 9.59 Å². The van der Waals surface area contributed by atoms with Crippen molar-refractivity contribution in [1.29, 1.82) is 0 Å². The summed E-state index contributed by atoms with van der Waals surface area (Å²) in [6.45, 7) is 4.97. The van der Waals surface area contributed by atoms with Crippen molar-refractivity contribution in [2.75, 3.05) is 5.32 Å². The van der Waals surface area contributed by atoms with Gasteiger partial charge >= 0.3 is 0 Å². The average Bonchev–Trinajstić information content (AvgIpc) is 3.27. The Morgan fingerprint density at radius 2 is 1.85 bits per heavy atom. The van der Waals surface area contributed by atoms with Crippen molar-refractivity contribution in [3.05, 3.63) is 40.4 Å². The van der Waals surface area contributed by atoms with E-state index in [4.69, 9.17) is 0 Å². The molecule has 0 radical (unpaired) electrons. The van der Waals surface area contributed by atoms with Crippen molar-refractivity contribution in [2.24, 2.45) is 0 Å². The third-order valence-electron chi connectivity index (χ3n) is 5.06. The molecule has 1 aromatic carbocycles. The SMILES string of the molecule is CC(=O)c1csc(NC(=O)C2(S(=O)(=O)c3cc(C)ccc3C)CCCC2)n1. The number of nitrogens with one attached hydrogen (secondary N) is 1. The van der Waals surface area contributed by atoms with Gasteiger partial charge in [0.1, 0.15) is 5.69 Å². The Labute approximate surface area is 162 Å². The molecule has 1 aliphatic carbocycles. The number of rotatable bonds is 5. The van der Waals surface area contributed by atoms with Crippen LogP contribution in [0.15, 0.2) is 28.5 Å². The fraction of sp³-hybridized carbons (Fsp3) is 0.421. The van der Waals surface area contributed by atoms with E-state index in [9.17, 15) is 18.0 Å². The second-order valence-corrected chi connectivity index (χ2v) is 10.1. The molecule has 0 bridgehead atoms. The molecule has 144 valence electrons. The number of anilines is 1. The van der Waals surface area contributed by atoms with Gasteiger partial charge in [0.05, 0.1) is 4.90 Å². The molecule has 1 amide bonds. The fourth-order valence-electron chi connectivity index (χ4n) is 3.48. The summed E-state index contributed by atoms with van der Waals surface area (Å²) in [5.41, 5.74) is 1.72. The molecule has 1 saturated carbocycles. The van der Waals surface area contributed by atoms with E-state index >= 15 is 0 Å². The van der Waals surface area contributed by atoms with Crippen molar-refractivity contribution >= 4 is 38.0 Å². The number of benzene rings is 1. The average molecular weight is 407 g/mol. The lowest BCUT2D eigenvalue weighted by molar-refractivity contribution is -0.118. The molecule has 0 saturated heterocycles. The lowest BCUT2D eigenvalue weighted by Gasteiger charge is -2.28. The van der Waals surface area contributed by atoms with Crippen LogP contribution in [0.2, 0.25) is 0 Å². The summed E-state index contributed by atoms with van der Waals surface area (Å²) in [4.78, 5) is 28.8. The number of amides is 1. The van der Waals surface area contributed by atoms with Crippen molar-refractivity contribution in [2.45, 2.75) is 56.1 Å². The van der Waals surface area contributed by atoms with E-state index in [1.54, 1.807) is 24.4 Å². The van der Waals surface area contributed by atoms with Gasteiger partial charge in [0.2, 0.25) is 5.91 Å². The number of hydrogen-bond acceptors (Lipinski definition) is 6.